The highest BCUT2D eigenvalue weighted by Gasteiger charge is 1.98. The van der Waals surface area contributed by atoms with Gasteiger partial charge in [-0.1, -0.05) is 12.2 Å². The zero-order valence-electron chi connectivity index (χ0n) is 12.4. The maximum atomic E-state index is 5.26. The number of rotatable bonds is 6. The van der Waals surface area contributed by atoms with Gasteiger partial charge in [-0.2, -0.15) is 0 Å². The number of nitrogens with zero attached hydrogens (tertiary/aromatic N) is 2. The van der Waals surface area contributed by atoms with E-state index in [0.717, 1.165) is 11.4 Å². The minimum atomic E-state index is 0.530. The maximum Gasteiger partial charge on any atom is 0.175 e. The molecule has 0 spiro atoms. The number of hydrogen-bond donors (Lipinski definition) is 2. The molecule has 0 aromatic heterocycles. The Bertz CT molecular complexity index is 426. The first kappa shape index (κ1) is 18.0. The van der Waals surface area contributed by atoms with Gasteiger partial charge in [0.15, 0.2) is 5.11 Å². The summed E-state index contributed by atoms with van der Waals surface area (Å²) in [6, 6.07) is 0. The predicted octanol–water partition coefficient (Wildman–Crippen LogP) is 2.77. The summed E-state index contributed by atoms with van der Waals surface area (Å²) in [5, 5.41) is 6.74. The molecule has 0 radical (unpaired) electrons. The van der Waals surface area contributed by atoms with Crippen LogP contribution in [0.3, 0.4) is 0 Å². The Morgan fingerprint density at radius 3 is 1.55 bits per heavy atom. The summed E-state index contributed by atoms with van der Waals surface area (Å²) < 4.78 is 0. The lowest BCUT2D eigenvalue weighted by Gasteiger charge is -2.11. The third kappa shape index (κ3) is 8.99. The van der Waals surface area contributed by atoms with Crippen molar-refractivity contribution in [3.05, 3.63) is 47.9 Å². The van der Waals surface area contributed by atoms with E-state index in [4.69, 9.17) is 12.2 Å². The monoisotopic (exact) mass is 290 g/mol. The van der Waals surface area contributed by atoms with Gasteiger partial charge in [0.1, 0.15) is 0 Å². The van der Waals surface area contributed by atoms with E-state index in [9.17, 15) is 0 Å². The van der Waals surface area contributed by atoms with Gasteiger partial charge in [-0.05, 0) is 50.4 Å². The number of allylic oxidation sites excluding steroid dienone is 6. The SMILES string of the molecule is C/C=C(\C=C/C=NC)NC(=S)NC(/C=C\C=NC)=C/C. The molecule has 0 aromatic rings. The molecule has 0 rings (SSSR count). The van der Waals surface area contributed by atoms with Gasteiger partial charge in [0.05, 0.1) is 0 Å². The molecule has 0 fully saturated rings. The van der Waals surface area contributed by atoms with E-state index in [1.54, 1.807) is 26.5 Å². The maximum absolute atomic E-state index is 5.26. The lowest BCUT2D eigenvalue weighted by atomic mass is 10.3. The highest BCUT2D eigenvalue weighted by molar-refractivity contribution is 7.80. The van der Waals surface area contributed by atoms with Crippen LogP contribution in [0.5, 0.6) is 0 Å². The Hall–Kier alpha value is -2.01. The van der Waals surface area contributed by atoms with E-state index >= 15 is 0 Å². The van der Waals surface area contributed by atoms with Crippen molar-refractivity contribution in [1.82, 2.24) is 10.6 Å². The van der Waals surface area contributed by atoms with Crippen molar-refractivity contribution in [2.45, 2.75) is 13.8 Å². The smallest absolute Gasteiger partial charge is 0.175 e. The molecule has 0 aliphatic carbocycles. The molecule has 0 aliphatic rings. The van der Waals surface area contributed by atoms with Gasteiger partial charge in [0.25, 0.3) is 0 Å². The van der Waals surface area contributed by atoms with Crippen molar-refractivity contribution >= 4 is 29.8 Å². The summed E-state index contributed by atoms with van der Waals surface area (Å²) >= 11 is 5.26. The van der Waals surface area contributed by atoms with Crippen molar-refractivity contribution in [3.8, 4) is 0 Å². The Kier molecular flexibility index (Phi) is 10.8. The Labute approximate surface area is 126 Å². The molecule has 4 nitrogen and oxygen atoms in total. The van der Waals surface area contributed by atoms with Crippen LogP contribution >= 0.6 is 12.2 Å². The van der Waals surface area contributed by atoms with E-state index < -0.39 is 0 Å². The summed E-state index contributed by atoms with van der Waals surface area (Å²) in [5.74, 6) is 0. The van der Waals surface area contributed by atoms with Crippen LogP contribution in [0.25, 0.3) is 0 Å². The predicted molar refractivity (Wildman–Crippen MR) is 93.5 cm³/mol. The molecule has 0 aromatic carbocycles. The van der Waals surface area contributed by atoms with Crippen molar-refractivity contribution in [3.63, 3.8) is 0 Å². The molecule has 108 valence electrons. The van der Waals surface area contributed by atoms with Crippen molar-refractivity contribution in [2.24, 2.45) is 9.98 Å². The van der Waals surface area contributed by atoms with Gasteiger partial charge < -0.3 is 10.6 Å². The minimum Gasteiger partial charge on any atom is -0.333 e. The van der Waals surface area contributed by atoms with Crippen molar-refractivity contribution in [2.75, 3.05) is 14.1 Å². The molecular formula is C15H22N4S. The molecule has 5 heteroatoms. The van der Waals surface area contributed by atoms with Gasteiger partial charge in [0.2, 0.25) is 0 Å². The fourth-order valence-electron chi connectivity index (χ4n) is 1.18. The van der Waals surface area contributed by atoms with E-state index in [1.807, 2.05) is 50.3 Å². The van der Waals surface area contributed by atoms with Crippen molar-refractivity contribution < 1.29 is 0 Å². The second-order valence-electron chi connectivity index (χ2n) is 3.60. The average molecular weight is 290 g/mol. The molecule has 0 unspecified atom stereocenters. The van der Waals surface area contributed by atoms with E-state index in [1.165, 1.54) is 0 Å². The van der Waals surface area contributed by atoms with Crippen LogP contribution < -0.4 is 10.6 Å². The third-order valence-corrected chi connectivity index (χ3v) is 2.36. The number of thiocarbonyl (C=S) groups is 1. The molecule has 0 amide bonds. The minimum absolute atomic E-state index is 0.530. The quantitative estimate of drug-likeness (QED) is 0.449. The first-order valence-electron chi connectivity index (χ1n) is 6.26. The zero-order chi connectivity index (χ0) is 15.2. The standard InChI is InChI=1S/C15H22N4S/c1-5-13(9-7-11-16-3)18-15(20)19-14(6-2)10-8-12-17-4/h5-12H,1-4H3,(H2,18,19,20)/b9-7-,10-8-,13-5+,14-6+,16-11?,17-12?. The topological polar surface area (TPSA) is 48.8 Å². The molecular weight excluding hydrogens is 268 g/mol. The van der Waals surface area contributed by atoms with Crippen LogP contribution in [0.2, 0.25) is 0 Å². The Morgan fingerprint density at radius 1 is 0.850 bits per heavy atom. The zero-order valence-corrected chi connectivity index (χ0v) is 13.2. The normalized spacial score (nSPS) is 14.0. The lowest BCUT2D eigenvalue weighted by molar-refractivity contribution is 1.07. The van der Waals surface area contributed by atoms with E-state index in [0.29, 0.717) is 5.11 Å². The number of aliphatic imine (C=N–C) groups is 2. The largest absolute Gasteiger partial charge is 0.333 e. The summed E-state index contributed by atoms with van der Waals surface area (Å²) in [6.45, 7) is 3.87. The molecule has 20 heavy (non-hydrogen) atoms. The molecule has 2 N–H and O–H groups in total. The van der Waals surface area contributed by atoms with Crippen LogP contribution in [0.4, 0.5) is 0 Å². The molecule has 0 heterocycles. The Balaban J connectivity index is 4.53. The van der Waals surface area contributed by atoms with Gasteiger partial charge in [0, 0.05) is 37.9 Å². The summed E-state index contributed by atoms with van der Waals surface area (Å²) in [6.07, 6.45) is 14.8. The molecule has 0 aliphatic heterocycles. The summed E-state index contributed by atoms with van der Waals surface area (Å²) in [5.41, 5.74) is 1.80. The summed E-state index contributed by atoms with van der Waals surface area (Å²) in [7, 11) is 3.45. The van der Waals surface area contributed by atoms with Crippen LogP contribution in [0.1, 0.15) is 13.8 Å². The van der Waals surface area contributed by atoms with Gasteiger partial charge in [-0.3, -0.25) is 9.98 Å². The third-order valence-electron chi connectivity index (χ3n) is 2.16. The second kappa shape index (κ2) is 12.0. The van der Waals surface area contributed by atoms with E-state index in [2.05, 4.69) is 20.6 Å². The molecule has 0 atom stereocenters. The van der Waals surface area contributed by atoms with Crippen LogP contribution in [-0.4, -0.2) is 31.6 Å². The van der Waals surface area contributed by atoms with Crippen LogP contribution in [0, 0.1) is 0 Å². The Morgan fingerprint density at radius 2 is 1.25 bits per heavy atom. The highest BCUT2D eigenvalue weighted by Crippen LogP contribution is 1.95. The van der Waals surface area contributed by atoms with Gasteiger partial charge in [-0.15, -0.1) is 0 Å². The number of nitrogens with one attached hydrogen (secondary N) is 2. The lowest BCUT2D eigenvalue weighted by Crippen LogP contribution is -2.33. The van der Waals surface area contributed by atoms with Gasteiger partial charge in [-0.25, -0.2) is 0 Å². The van der Waals surface area contributed by atoms with E-state index in [-0.39, 0.29) is 0 Å². The first-order chi connectivity index (χ1) is 9.67. The van der Waals surface area contributed by atoms with Gasteiger partial charge >= 0.3 is 0 Å². The molecule has 0 saturated heterocycles. The fourth-order valence-corrected chi connectivity index (χ4v) is 1.41. The second-order valence-corrected chi connectivity index (χ2v) is 4.01. The highest BCUT2D eigenvalue weighted by atomic mass is 32.1. The average Bonchev–Trinajstić information content (AvgIpc) is 2.45. The van der Waals surface area contributed by atoms with Crippen molar-refractivity contribution in [1.29, 1.82) is 0 Å². The number of hydrogen-bond acceptors (Lipinski definition) is 3. The molecule has 0 saturated carbocycles. The van der Waals surface area contributed by atoms with Crippen LogP contribution in [-0.2, 0) is 0 Å². The molecule has 0 bridgehead atoms. The first-order valence-corrected chi connectivity index (χ1v) is 6.67. The summed E-state index contributed by atoms with van der Waals surface area (Å²) in [4.78, 5) is 7.76. The van der Waals surface area contributed by atoms with Crippen LogP contribution in [0.15, 0.2) is 57.8 Å². The fraction of sp³-hybridized carbons (Fsp3) is 0.267.